The topological polar surface area (TPSA) is 109 Å². The van der Waals surface area contributed by atoms with Crippen molar-refractivity contribution in [2.75, 3.05) is 18.6 Å². The van der Waals surface area contributed by atoms with Crippen molar-refractivity contribution in [2.45, 2.75) is 64.7 Å². The maximum absolute atomic E-state index is 14.7. The van der Waals surface area contributed by atoms with Gasteiger partial charge < -0.3 is 19.5 Å². The molecule has 4 rings (SSSR count). The smallest absolute Gasteiger partial charge is 0.416 e. The normalized spacial score (nSPS) is 11.7. The standard InChI is InChI=1S/C36H35F5N4O4/c1-22(2)25-7-10-32(48-4)31(16-25)30-9-8-27(35(3,37)38)15-26(30)21-45(20-24-12-23(17-42)13-28(14-24)36(39,40)41)34-43-18-29(19-44-34)49-11-5-6-33(46)47/h7-10,12-16,18-19,22H,5-6,11,20-21H2,1-4H3,(H,46,47). The summed E-state index contributed by atoms with van der Waals surface area (Å²) in [5.41, 5.74) is 1.16. The number of benzene rings is 3. The van der Waals surface area contributed by atoms with Gasteiger partial charge in [-0.05, 0) is 71.0 Å². The molecule has 1 N–H and O–H groups in total. The zero-order valence-electron chi connectivity index (χ0n) is 27.3. The van der Waals surface area contributed by atoms with Crippen LogP contribution in [0.4, 0.5) is 27.9 Å². The van der Waals surface area contributed by atoms with Crippen molar-refractivity contribution in [3.8, 4) is 28.7 Å². The molecule has 0 amide bonds. The van der Waals surface area contributed by atoms with Crippen LogP contribution in [-0.2, 0) is 30.0 Å². The van der Waals surface area contributed by atoms with Gasteiger partial charge in [-0.1, -0.05) is 32.0 Å². The van der Waals surface area contributed by atoms with Gasteiger partial charge in [0.15, 0.2) is 5.75 Å². The minimum Gasteiger partial charge on any atom is -0.496 e. The van der Waals surface area contributed by atoms with E-state index >= 15 is 0 Å². The molecule has 1 aromatic heterocycles. The Labute approximate surface area is 280 Å². The molecule has 13 heteroatoms. The highest BCUT2D eigenvalue weighted by Crippen LogP contribution is 2.39. The lowest BCUT2D eigenvalue weighted by atomic mass is 9.91. The fourth-order valence-corrected chi connectivity index (χ4v) is 5.15. The van der Waals surface area contributed by atoms with E-state index in [-0.39, 0.29) is 66.8 Å². The van der Waals surface area contributed by atoms with Gasteiger partial charge >= 0.3 is 12.1 Å². The lowest BCUT2D eigenvalue weighted by Crippen LogP contribution is -2.25. The number of nitrogens with zero attached hydrogens (tertiary/aromatic N) is 4. The maximum atomic E-state index is 14.7. The number of carboxylic acids is 1. The van der Waals surface area contributed by atoms with Crippen LogP contribution in [0.15, 0.2) is 67.0 Å². The highest BCUT2D eigenvalue weighted by molar-refractivity contribution is 5.75. The van der Waals surface area contributed by atoms with Crippen LogP contribution in [0.2, 0.25) is 0 Å². The molecule has 0 saturated carbocycles. The fourth-order valence-electron chi connectivity index (χ4n) is 5.15. The summed E-state index contributed by atoms with van der Waals surface area (Å²) >= 11 is 0. The van der Waals surface area contributed by atoms with E-state index in [1.807, 2.05) is 26.0 Å². The number of carbonyl (C=O) groups is 1. The van der Waals surface area contributed by atoms with Crippen LogP contribution in [0.5, 0.6) is 11.5 Å². The number of methoxy groups -OCH3 is 1. The van der Waals surface area contributed by atoms with Crippen molar-refractivity contribution in [3.63, 3.8) is 0 Å². The minimum absolute atomic E-state index is 0.0383. The number of hydrogen-bond donors (Lipinski definition) is 1. The number of rotatable bonds is 14. The number of halogens is 5. The molecule has 0 saturated heterocycles. The Morgan fingerprint density at radius 1 is 0.959 bits per heavy atom. The zero-order chi connectivity index (χ0) is 35.9. The first-order valence-corrected chi connectivity index (χ1v) is 15.3. The predicted molar refractivity (Wildman–Crippen MR) is 173 cm³/mol. The van der Waals surface area contributed by atoms with Crippen LogP contribution in [0, 0.1) is 11.3 Å². The van der Waals surface area contributed by atoms with Crippen LogP contribution < -0.4 is 14.4 Å². The first kappa shape index (κ1) is 36.6. The van der Waals surface area contributed by atoms with E-state index in [0.717, 1.165) is 24.6 Å². The average molecular weight is 683 g/mol. The van der Waals surface area contributed by atoms with Crippen LogP contribution in [0.3, 0.4) is 0 Å². The van der Waals surface area contributed by atoms with Crippen molar-refractivity contribution in [2.24, 2.45) is 0 Å². The Morgan fingerprint density at radius 2 is 1.67 bits per heavy atom. The molecule has 0 aliphatic carbocycles. The van der Waals surface area contributed by atoms with Crippen molar-refractivity contribution >= 4 is 11.9 Å². The molecule has 3 aromatic carbocycles. The summed E-state index contributed by atoms with van der Waals surface area (Å²) in [5.74, 6) is -3.29. The molecule has 0 aliphatic heterocycles. The van der Waals surface area contributed by atoms with Gasteiger partial charge in [0.25, 0.3) is 5.92 Å². The molecular weight excluding hydrogens is 647 g/mol. The van der Waals surface area contributed by atoms with Gasteiger partial charge in [-0.3, -0.25) is 4.79 Å². The SMILES string of the molecule is COc1ccc(C(C)C)cc1-c1ccc(C(C)(F)F)cc1CN(Cc1cc(C#N)cc(C(F)(F)F)c1)c1ncc(OCCCC(=O)O)cn1. The van der Waals surface area contributed by atoms with E-state index in [9.17, 15) is 32.0 Å². The number of anilines is 1. The van der Waals surface area contributed by atoms with E-state index < -0.39 is 23.6 Å². The second-order valence-electron chi connectivity index (χ2n) is 11.8. The maximum Gasteiger partial charge on any atom is 0.416 e. The van der Waals surface area contributed by atoms with E-state index in [0.29, 0.717) is 22.4 Å². The summed E-state index contributed by atoms with van der Waals surface area (Å²) < 4.78 is 81.9. The van der Waals surface area contributed by atoms with Gasteiger partial charge in [0.1, 0.15) is 5.75 Å². The van der Waals surface area contributed by atoms with E-state index in [2.05, 4.69) is 9.97 Å². The molecule has 4 aromatic rings. The van der Waals surface area contributed by atoms with Gasteiger partial charge in [-0.2, -0.15) is 18.4 Å². The molecule has 0 bridgehead atoms. The Bertz CT molecular complexity index is 1820. The first-order valence-electron chi connectivity index (χ1n) is 15.3. The van der Waals surface area contributed by atoms with Gasteiger partial charge in [-0.15, -0.1) is 0 Å². The van der Waals surface area contributed by atoms with Gasteiger partial charge in [-0.25, -0.2) is 18.7 Å². The summed E-state index contributed by atoms with van der Waals surface area (Å²) in [6.07, 6.45) is -1.93. The molecule has 0 radical (unpaired) electrons. The Balaban J connectivity index is 1.84. The molecular formula is C36H35F5N4O4. The largest absolute Gasteiger partial charge is 0.496 e. The number of aromatic nitrogens is 2. The second kappa shape index (κ2) is 15.3. The molecule has 258 valence electrons. The molecule has 0 unspecified atom stereocenters. The number of alkyl halides is 5. The van der Waals surface area contributed by atoms with E-state index in [1.165, 1.54) is 42.6 Å². The molecule has 0 spiro atoms. The highest BCUT2D eigenvalue weighted by Gasteiger charge is 2.32. The van der Waals surface area contributed by atoms with Crippen molar-refractivity contribution < 1.29 is 41.3 Å². The summed E-state index contributed by atoms with van der Waals surface area (Å²) in [5, 5.41) is 18.3. The van der Waals surface area contributed by atoms with E-state index in [1.54, 1.807) is 18.2 Å². The third-order valence-electron chi connectivity index (χ3n) is 7.68. The quantitative estimate of drug-likeness (QED) is 0.104. The number of aliphatic carboxylic acids is 1. The van der Waals surface area contributed by atoms with Crippen LogP contribution >= 0.6 is 0 Å². The molecule has 1 heterocycles. The lowest BCUT2D eigenvalue weighted by Gasteiger charge is -2.26. The van der Waals surface area contributed by atoms with Crippen molar-refractivity contribution in [1.29, 1.82) is 5.26 Å². The second-order valence-corrected chi connectivity index (χ2v) is 11.8. The number of carboxylic acid groups (broad SMARTS) is 1. The Morgan fingerprint density at radius 3 is 2.27 bits per heavy atom. The third kappa shape index (κ3) is 9.65. The van der Waals surface area contributed by atoms with Crippen LogP contribution in [0.25, 0.3) is 11.1 Å². The summed E-state index contributed by atoms with van der Waals surface area (Å²) in [6.45, 7) is 4.51. The third-order valence-corrected chi connectivity index (χ3v) is 7.68. The summed E-state index contributed by atoms with van der Waals surface area (Å²) in [7, 11) is 1.49. The number of hydrogen-bond acceptors (Lipinski definition) is 7. The Hall–Kier alpha value is -5.25. The number of ether oxygens (including phenoxy) is 2. The monoisotopic (exact) mass is 682 g/mol. The molecule has 0 fully saturated rings. The zero-order valence-corrected chi connectivity index (χ0v) is 27.3. The number of nitriles is 1. The average Bonchev–Trinajstić information content (AvgIpc) is 3.05. The molecule has 8 nitrogen and oxygen atoms in total. The highest BCUT2D eigenvalue weighted by atomic mass is 19.4. The molecule has 49 heavy (non-hydrogen) atoms. The van der Waals surface area contributed by atoms with Crippen molar-refractivity contribution in [3.05, 3.63) is 100 Å². The first-order chi connectivity index (χ1) is 23.1. The Kier molecular flexibility index (Phi) is 11.4. The minimum atomic E-state index is -4.73. The van der Waals surface area contributed by atoms with Crippen LogP contribution in [0.1, 0.15) is 72.9 Å². The molecule has 0 atom stereocenters. The van der Waals surface area contributed by atoms with Gasteiger partial charge in [0.2, 0.25) is 5.95 Å². The lowest BCUT2D eigenvalue weighted by molar-refractivity contribution is -0.138. The van der Waals surface area contributed by atoms with E-state index in [4.69, 9.17) is 14.6 Å². The fraction of sp³-hybridized carbons (Fsp3) is 0.333. The van der Waals surface area contributed by atoms with Crippen LogP contribution in [-0.4, -0.2) is 34.8 Å². The summed E-state index contributed by atoms with van der Waals surface area (Å²) in [6, 6.07) is 14.6. The summed E-state index contributed by atoms with van der Waals surface area (Å²) in [4.78, 5) is 21.0. The van der Waals surface area contributed by atoms with Gasteiger partial charge in [0, 0.05) is 37.6 Å². The van der Waals surface area contributed by atoms with Crippen molar-refractivity contribution in [1.82, 2.24) is 9.97 Å². The molecule has 0 aliphatic rings. The predicted octanol–water partition coefficient (Wildman–Crippen LogP) is 8.73. The van der Waals surface area contributed by atoms with Gasteiger partial charge in [0.05, 0.1) is 43.3 Å².